The first-order valence-corrected chi connectivity index (χ1v) is 7.82. The molecule has 1 atom stereocenters. The summed E-state index contributed by atoms with van der Waals surface area (Å²) < 4.78 is 5.79. The number of benzene rings is 1. The van der Waals surface area contributed by atoms with E-state index in [2.05, 4.69) is 0 Å². The Morgan fingerprint density at radius 3 is 2.52 bits per heavy atom. The van der Waals surface area contributed by atoms with Crippen molar-refractivity contribution < 1.29 is 14.6 Å². The molecule has 2 aliphatic rings. The van der Waals surface area contributed by atoms with Crippen molar-refractivity contribution >= 4 is 6.09 Å². The Morgan fingerprint density at radius 1 is 1.24 bits per heavy atom. The third-order valence-corrected chi connectivity index (χ3v) is 4.96. The lowest BCUT2D eigenvalue weighted by atomic mass is 9.80. The molecule has 1 aromatic carbocycles. The van der Waals surface area contributed by atoms with Gasteiger partial charge in [-0.05, 0) is 38.2 Å². The summed E-state index contributed by atoms with van der Waals surface area (Å²) >= 11 is 0. The Bertz CT molecular complexity index is 494. The molecule has 1 aliphatic carbocycles. The number of hydrogen-bond donors (Lipinski definition) is 1. The fourth-order valence-corrected chi connectivity index (χ4v) is 3.45. The van der Waals surface area contributed by atoms with Crippen LogP contribution in [0.1, 0.15) is 50.6 Å². The van der Waals surface area contributed by atoms with Gasteiger partial charge in [0.05, 0.1) is 12.1 Å². The standard InChI is InChI=1S/C17H23NO3/c1-13(14-5-3-2-4-6-14)18-12-11-17(21-16(18)20)9-7-15(19)8-10-17/h2-6,13,15,19H,7-12H2,1H3/t13?,15-,17+. The van der Waals surface area contributed by atoms with Crippen LogP contribution in [0.5, 0.6) is 0 Å². The molecule has 1 aliphatic heterocycles. The highest BCUT2D eigenvalue weighted by atomic mass is 16.6. The Kier molecular flexibility index (Phi) is 3.89. The second-order valence-electron chi connectivity index (χ2n) is 6.31. The van der Waals surface area contributed by atoms with E-state index >= 15 is 0 Å². The van der Waals surface area contributed by atoms with Crippen molar-refractivity contribution in [2.45, 2.75) is 56.8 Å². The summed E-state index contributed by atoms with van der Waals surface area (Å²) in [6.07, 6.45) is 3.47. The summed E-state index contributed by atoms with van der Waals surface area (Å²) in [6.45, 7) is 2.77. The summed E-state index contributed by atoms with van der Waals surface area (Å²) in [5, 5.41) is 9.63. The van der Waals surface area contributed by atoms with E-state index in [-0.39, 0.29) is 23.8 Å². The molecule has 21 heavy (non-hydrogen) atoms. The molecule has 1 aromatic rings. The van der Waals surface area contributed by atoms with Gasteiger partial charge < -0.3 is 14.7 Å². The average Bonchev–Trinajstić information content (AvgIpc) is 2.51. The van der Waals surface area contributed by atoms with Gasteiger partial charge in [-0.25, -0.2) is 4.79 Å². The van der Waals surface area contributed by atoms with Crippen LogP contribution in [0.4, 0.5) is 4.79 Å². The summed E-state index contributed by atoms with van der Waals surface area (Å²) in [4.78, 5) is 14.2. The van der Waals surface area contributed by atoms with Crippen molar-refractivity contribution in [3.8, 4) is 0 Å². The van der Waals surface area contributed by atoms with Crippen LogP contribution < -0.4 is 0 Å². The van der Waals surface area contributed by atoms with Gasteiger partial charge in [0.1, 0.15) is 5.60 Å². The van der Waals surface area contributed by atoms with E-state index in [1.165, 1.54) is 0 Å². The fraction of sp³-hybridized carbons (Fsp3) is 0.588. The Balaban J connectivity index is 1.68. The van der Waals surface area contributed by atoms with Gasteiger partial charge in [0.25, 0.3) is 0 Å². The monoisotopic (exact) mass is 289 g/mol. The van der Waals surface area contributed by atoms with Crippen molar-refractivity contribution in [2.75, 3.05) is 6.54 Å². The molecule has 1 saturated heterocycles. The van der Waals surface area contributed by atoms with Crippen LogP contribution in [0, 0.1) is 0 Å². The van der Waals surface area contributed by atoms with Crippen molar-refractivity contribution in [1.82, 2.24) is 4.90 Å². The number of nitrogens with zero attached hydrogens (tertiary/aromatic N) is 1. The quantitative estimate of drug-likeness (QED) is 0.909. The Hall–Kier alpha value is -1.55. The highest BCUT2D eigenvalue weighted by Crippen LogP contribution is 2.39. The van der Waals surface area contributed by atoms with Gasteiger partial charge in [-0.2, -0.15) is 0 Å². The third kappa shape index (κ3) is 2.91. The van der Waals surface area contributed by atoms with Crippen LogP contribution in [0.3, 0.4) is 0 Å². The molecule has 1 saturated carbocycles. The summed E-state index contributed by atoms with van der Waals surface area (Å²) in [7, 11) is 0. The van der Waals surface area contributed by atoms with Gasteiger partial charge >= 0.3 is 6.09 Å². The number of aliphatic hydroxyl groups is 1. The van der Waals surface area contributed by atoms with Crippen molar-refractivity contribution in [1.29, 1.82) is 0 Å². The van der Waals surface area contributed by atoms with Gasteiger partial charge in [0, 0.05) is 13.0 Å². The SMILES string of the molecule is CC(c1ccccc1)N1CC[C@]2(CC[C@H](O)CC2)OC1=O. The molecule has 1 spiro atoms. The number of aliphatic hydroxyl groups excluding tert-OH is 1. The van der Waals surface area contributed by atoms with Gasteiger partial charge in [0.2, 0.25) is 0 Å². The molecule has 2 fully saturated rings. The Labute approximate surface area is 125 Å². The van der Waals surface area contributed by atoms with Crippen molar-refractivity contribution in [3.05, 3.63) is 35.9 Å². The van der Waals surface area contributed by atoms with Crippen LogP contribution in [0.15, 0.2) is 30.3 Å². The van der Waals surface area contributed by atoms with E-state index in [1.54, 1.807) is 0 Å². The van der Waals surface area contributed by atoms with Gasteiger partial charge in [-0.1, -0.05) is 30.3 Å². The van der Waals surface area contributed by atoms with E-state index in [1.807, 2.05) is 42.2 Å². The van der Waals surface area contributed by atoms with E-state index in [0.717, 1.165) is 44.2 Å². The molecule has 4 nitrogen and oxygen atoms in total. The molecule has 1 heterocycles. The van der Waals surface area contributed by atoms with Crippen LogP contribution >= 0.6 is 0 Å². The normalized spacial score (nSPS) is 31.0. The lowest BCUT2D eigenvalue weighted by molar-refractivity contribution is -0.0908. The number of ether oxygens (including phenoxy) is 1. The number of carbonyl (C=O) groups is 1. The molecule has 1 N–H and O–H groups in total. The van der Waals surface area contributed by atoms with Crippen LogP contribution in [0.2, 0.25) is 0 Å². The fourth-order valence-electron chi connectivity index (χ4n) is 3.45. The first-order chi connectivity index (χ1) is 10.1. The average molecular weight is 289 g/mol. The van der Waals surface area contributed by atoms with Gasteiger partial charge in [0.15, 0.2) is 0 Å². The summed E-state index contributed by atoms with van der Waals surface area (Å²) in [5.41, 5.74) is 0.799. The van der Waals surface area contributed by atoms with Gasteiger partial charge in [-0.3, -0.25) is 0 Å². The number of hydrogen-bond acceptors (Lipinski definition) is 3. The number of carbonyl (C=O) groups excluding carboxylic acids is 1. The molecule has 1 amide bonds. The molecule has 1 unspecified atom stereocenters. The molecular formula is C17H23NO3. The topological polar surface area (TPSA) is 49.8 Å². The highest BCUT2D eigenvalue weighted by molar-refractivity contribution is 5.69. The lowest BCUT2D eigenvalue weighted by Gasteiger charge is -2.45. The zero-order chi connectivity index (χ0) is 14.9. The maximum absolute atomic E-state index is 12.4. The van der Waals surface area contributed by atoms with Crippen molar-refractivity contribution in [3.63, 3.8) is 0 Å². The largest absolute Gasteiger partial charge is 0.443 e. The molecular weight excluding hydrogens is 266 g/mol. The predicted octanol–water partition coefficient (Wildman–Crippen LogP) is 3.26. The van der Waals surface area contributed by atoms with Crippen LogP contribution in [-0.2, 0) is 4.74 Å². The maximum Gasteiger partial charge on any atom is 0.410 e. The molecule has 3 rings (SSSR count). The first kappa shape index (κ1) is 14.4. The van der Waals surface area contributed by atoms with E-state index < -0.39 is 0 Å². The molecule has 0 bridgehead atoms. The molecule has 0 aromatic heterocycles. The zero-order valence-corrected chi connectivity index (χ0v) is 12.5. The third-order valence-electron chi connectivity index (χ3n) is 4.96. The lowest BCUT2D eigenvalue weighted by Crippen LogP contribution is -2.52. The smallest absolute Gasteiger partial charge is 0.410 e. The maximum atomic E-state index is 12.4. The Morgan fingerprint density at radius 2 is 1.90 bits per heavy atom. The van der Waals surface area contributed by atoms with Crippen LogP contribution in [-0.4, -0.2) is 34.3 Å². The highest BCUT2D eigenvalue weighted by Gasteiger charge is 2.44. The number of amides is 1. The first-order valence-electron chi connectivity index (χ1n) is 7.82. The summed E-state index contributed by atoms with van der Waals surface area (Å²) in [6, 6.07) is 10.1. The van der Waals surface area contributed by atoms with E-state index in [0.29, 0.717) is 0 Å². The van der Waals surface area contributed by atoms with Crippen LogP contribution in [0.25, 0.3) is 0 Å². The van der Waals surface area contributed by atoms with Gasteiger partial charge in [-0.15, -0.1) is 0 Å². The van der Waals surface area contributed by atoms with Crippen molar-refractivity contribution in [2.24, 2.45) is 0 Å². The molecule has 114 valence electrons. The molecule has 4 heteroatoms. The second kappa shape index (κ2) is 5.68. The molecule has 0 radical (unpaired) electrons. The minimum absolute atomic E-state index is 0.0326. The van der Waals surface area contributed by atoms with E-state index in [9.17, 15) is 9.90 Å². The summed E-state index contributed by atoms with van der Waals surface area (Å²) in [5.74, 6) is 0. The zero-order valence-electron chi connectivity index (χ0n) is 12.5. The minimum atomic E-state index is -0.330. The van der Waals surface area contributed by atoms with E-state index in [4.69, 9.17) is 4.74 Å². The number of rotatable bonds is 2. The second-order valence-corrected chi connectivity index (χ2v) is 6.31. The predicted molar refractivity (Wildman–Crippen MR) is 79.9 cm³/mol. The minimum Gasteiger partial charge on any atom is -0.443 e.